The molecular weight excluding hydrogens is 544 g/mol. The molecule has 2 aromatic carbocycles. The first-order valence-electron chi connectivity index (χ1n) is 15.3. The van der Waals surface area contributed by atoms with Gasteiger partial charge < -0.3 is 26.0 Å². The van der Waals surface area contributed by atoms with Crippen LogP contribution in [0.25, 0.3) is 11.0 Å². The summed E-state index contributed by atoms with van der Waals surface area (Å²) in [6, 6.07) is 14.7. The zero-order chi connectivity index (χ0) is 31.1. The van der Waals surface area contributed by atoms with Crippen LogP contribution >= 0.6 is 0 Å². The normalized spacial score (nSPS) is 24.0. The van der Waals surface area contributed by atoms with Crippen LogP contribution in [0.15, 0.2) is 48.5 Å². The number of imidazole rings is 1. The summed E-state index contributed by atoms with van der Waals surface area (Å²) in [5.74, 6) is -1.15. The quantitative estimate of drug-likeness (QED) is 0.328. The maximum Gasteiger partial charge on any atom is 0.297 e. The summed E-state index contributed by atoms with van der Waals surface area (Å²) in [5.41, 5.74) is 7.89. The van der Waals surface area contributed by atoms with Crippen LogP contribution in [0, 0.1) is 18.3 Å². The van der Waals surface area contributed by atoms with Crippen molar-refractivity contribution in [3.63, 3.8) is 0 Å². The van der Waals surface area contributed by atoms with Crippen LogP contribution in [0.5, 0.6) is 6.01 Å². The van der Waals surface area contributed by atoms with E-state index in [-0.39, 0.29) is 30.7 Å². The molecule has 2 aliphatic rings. The van der Waals surface area contributed by atoms with E-state index in [9.17, 15) is 14.4 Å². The third kappa shape index (κ3) is 5.92. The first-order chi connectivity index (χ1) is 20.4. The number of hydrogen-bond donors (Lipinski definition) is 3. The third-order valence-corrected chi connectivity index (χ3v) is 8.88. The predicted molar refractivity (Wildman–Crippen MR) is 166 cm³/mol. The average Bonchev–Trinajstić information content (AvgIpc) is 3.33. The SMILES string of the molecule is CC[C@@H]1C[C@]1(NC(=O)[C@@H]1C[C@@H](Oc2nc3ccccc3n2CC)CN1C(=O)[C@@H](Nc1cccc(C)c1)C(C)(C)C)C(N)=O. The number of para-hydroxylation sites is 2. The molecule has 43 heavy (non-hydrogen) atoms. The molecule has 5 atom stereocenters. The van der Waals surface area contributed by atoms with Crippen molar-refractivity contribution in [2.24, 2.45) is 17.1 Å². The predicted octanol–water partition coefficient (Wildman–Crippen LogP) is 4.01. The van der Waals surface area contributed by atoms with Gasteiger partial charge in [0.2, 0.25) is 17.7 Å². The molecule has 230 valence electrons. The molecule has 10 nitrogen and oxygen atoms in total. The van der Waals surface area contributed by atoms with Crippen LogP contribution in [0.1, 0.15) is 59.4 Å². The minimum Gasteiger partial charge on any atom is -0.459 e. The van der Waals surface area contributed by atoms with Gasteiger partial charge in [0, 0.05) is 18.7 Å². The lowest BCUT2D eigenvalue weighted by Crippen LogP contribution is -2.57. The van der Waals surface area contributed by atoms with Gasteiger partial charge in [0.1, 0.15) is 23.7 Å². The van der Waals surface area contributed by atoms with Crippen molar-refractivity contribution < 1.29 is 19.1 Å². The van der Waals surface area contributed by atoms with Crippen LogP contribution in [-0.2, 0) is 20.9 Å². The lowest BCUT2D eigenvalue weighted by atomic mass is 9.85. The molecule has 2 heterocycles. The van der Waals surface area contributed by atoms with Gasteiger partial charge in [-0.15, -0.1) is 0 Å². The molecule has 0 radical (unpaired) electrons. The van der Waals surface area contributed by atoms with Crippen LogP contribution < -0.4 is 21.1 Å². The molecule has 1 saturated heterocycles. The number of aryl methyl sites for hydroxylation is 2. The van der Waals surface area contributed by atoms with Crippen molar-refractivity contribution in [3.8, 4) is 6.01 Å². The Hall–Kier alpha value is -4.08. The monoisotopic (exact) mass is 588 g/mol. The molecule has 1 saturated carbocycles. The number of carbonyl (C=O) groups excluding carboxylic acids is 3. The molecule has 3 aromatic rings. The fourth-order valence-corrected chi connectivity index (χ4v) is 6.33. The topological polar surface area (TPSA) is 132 Å². The molecule has 0 unspecified atom stereocenters. The number of primary amides is 1. The number of anilines is 1. The fourth-order valence-electron chi connectivity index (χ4n) is 6.33. The molecule has 4 N–H and O–H groups in total. The van der Waals surface area contributed by atoms with Crippen LogP contribution in [0.2, 0.25) is 0 Å². The lowest BCUT2D eigenvalue weighted by Gasteiger charge is -2.36. The number of carbonyl (C=O) groups is 3. The number of hydrogen-bond acceptors (Lipinski definition) is 6. The Morgan fingerprint density at radius 2 is 1.88 bits per heavy atom. The molecule has 10 heteroatoms. The molecule has 3 amide bonds. The largest absolute Gasteiger partial charge is 0.459 e. The van der Waals surface area contributed by atoms with Crippen molar-refractivity contribution in [3.05, 3.63) is 54.1 Å². The number of likely N-dealkylation sites (tertiary alicyclic amines) is 1. The number of benzene rings is 2. The summed E-state index contributed by atoms with van der Waals surface area (Å²) in [6.45, 7) is 12.9. The van der Waals surface area contributed by atoms with Gasteiger partial charge >= 0.3 is 0 Å². The van der Waals surface area contributed by atoms with Crippen molar-refractivity contribution in [1.29, 1.82) is 0 Å². The van der Waals surface area contributed by atoms with Gasteiger partial charge in [0.05, 0.1) is 17.6 Å². The Kier molecular flexibility index (Phi) is 8.15. The highest BCUT2D eigenvalue weighted by molar-refractivity contribution is 5.97. The van der Waals surface area contributed by atoms with Gasteiger partial charge in [-0.3, -0.25) is 19.0 Å². The van der Waals surface area contributed by atoms with Crippen molar-refractivity contribution in [2.75, 3.05) is 11.9 Å². The maximum atomic E-state index is 14.4. The molecule has 5 rings (SSSR count). The number of nitrogens with zero attached hydrogens (tertiary/aromatic N) is 3. The zero-order valence-electron chi connectivity index (χ0n) is 26.0. The Bertz CT molecular complexity index is 1530. The highest BCUT2D eigenvalue weighted by Crippen LogP contribution is 2.46. The second kappa shape index (κ2) is 11.5. The van der Waals surface area contributed by atoms with E-state index in [4.69, 9.17) is 15.5 Å². The smallest absolute Gasteiger partial charge is 0.297 e. The molecule has 2 fully saturated rings. The van der Waals surface area contributed by atoms with Crippen molar-refractivity contribution in [1.82, 2.24) is 19.8 Å². The van der Waals surface area contributed by atoms with E-state index in [0.29, 0.717) is 19.0 Å². The Morgan fingerprint density at radius 1 is 1.14 bits per heavy atom. The van der Waals surface area contributed by atoms with Crippen LogP contribution in [-0.4, -0.2) is 62.4 Å². The number of rotatable bonds is 10. The number of nitrogens with two attached hydrogens (primary N) is 1. The number of amides is 3. The Morgan fingerprint density at radius 3 is 2.51 bits per heavy atom. The van der Waals surface area contributed by atoms with E-state index in [1.54, 1.807) is 4.90 Å². The standard InChI is InChI=1S/C33H44N6O4/c1-7-21-18-33(21,30(34)42)37-28(40)26-17-23(43-31-36-24-14-9-10-15-25(24)38(31)8-2)19-39(26)29(41)27(32(4,5)6)35-22-13-11-12-20(3)16-22/h9-16,21,23,26-27,35H,7-8,17-19H2,1-6H3,(H2,34,42)(H,37,40)/t21-,23-,26+,27-,33-/m1/s1. The third-order valence-electron chi connectivity index (χ3n) is 8.88. The summed E-state index contributed by atoms with van der Waals surface area (Å²) in [7, 11) is 0. The van der Waals surface area contributed by atoms with Crippen LogP contribution in [0.4, 0.5) is 5.69 Å². The average molecular weight is 589 g/mol. The molecule has 1 aliphatic heterocycles. The number of fused-ring (bicyclic) bond motifs is 1. The lowest BCUT2D eigenvalue weighted by molar-refractivity contribution is -0.141. The van der Waals surface area contributed by atoms with Crippen LogP contribution in [0.3, 0.4) is 0 Å². The minimum atomic E-state index is -1.07. The van der Waals surface area contributed by atoms with E-state index < -0.39 is 35.0 Å². The summed E-state index contributed by atoms with van der Waals surface area (Å²) in [6.07, 6.45) is 1.01. The van der Waals surface area contributed by atoms with Gasteiger partial charge in [-0.25, -0.2) is 0 Å². The highest BCUT2D eigenvalue weighted by Gasteiger charge is 2.60. The van der Waals surface area contributed by atoms with Gasteiger partial charge in [-0.2, -0.15) is 4.98 Å². The van der Waals surface area contributed by atoms with Gasteiger partial charge in [-0.05, 0) is 61.4 Å². The second-order valence-corrected chi connectivity index (χ2v) is 13.1. The van der Waals surface area contributed by atoms with Gasteiger partial charge in [-0.1, -0.05) is 58.4 Å². The van der Waals surface area contributed by atoms with E-state index in [1.165, 1.54) is 0 Å². The molecular formula is C33H44N6O4. The fraction of sp³-hybridized carbons (Fsp3) is 0.515. The Labute approximate surface area is 253 Å². The number of ether oxygens (including phenoxy) is 1. The van der Waals surface area contributed by atoms with Crippen molar-refractivity contribution in [2.45, 2.75) is 91.1 Å². The zero-order valence-corrected chi connectivity index (χ0v) is 26.0. The number of nitrogens with one attached hydrogen (secondary N) is 2. The molecule has 0 spiro atoms. The van der Waals surface area contributed by atoms with E-state index >= 15 is 0 Å². The van der Waals surface area contributed by atoms with Crippen molar-refractivity contribution >= 4 is 34.4 Å². The highest BCUT2D eigenvalue weighted by atomic mass is 16.5. The first-order valence-corrected chi connectivity index (χ1v) is 15.3. The second-order valence-electron chi connectivity index (χ2n) is 13.1. The maximum absolute atomic E-state index is 14.4. The molecule has 1 aromatic heterocycles. The summed E-state index contributed by atoms with van der Waals surface area (Å²) in [5, 5.41) is 6.39. The molecule has 0 bridgehead atoms. The summed E-state index contributed by atoms with van der Waals surface area (Å²) >= 11 is 0. The van der Waals surface area contributed by atoms with Gasteiger partial charge in [0.25, 0.3) is 6.01 Å². The Balaban J connectivity index is 1.45. The summed E-state index contributed by atoms with van der Waals surface area (Å²) in [4.78, 5) is 47.1. The van der Waals surface area contributed by atoms with E-state index in [0.717, 1.165) is 28.7 Å². The van der Waals surface area contributed by atoms with E-state index in [1.807, 2.05) is 94.6 Å². The summed E-state index contributed by atoms with van der Waals surface area (Å²) < 4.78 is 8.43. The first kappa shape index (κ1) is 30.4. The van der Waals surface area contributed by atoms with E-state index in [2.05, 4.69) is 10.6 Å². The molecule has 1 aliphatic carbocycles. The van der Waals surface area contributed by atoms with Gasteiger partial charge in [0.15, 0.2) is 0 Å². The minimum absolute atomic E-state index is 0.0127. The number of aromatic nitrogens is 2.